The molecule has 2 amide bonds. The Morgan fingerprint density at radius 2 is 1.94 bits per heavy atom. The number of benzene rings is 1. The molecule has 3 N–H and O–H groups in total. The van der Waals surface area contributed by atoms with Gasteiger partial charge in [0.2, 0.25) is 5.91 Å². The third-order valence-corrected chi connectivity index (χ3v) is 2.63. The van der Waals surface area contributed by atoms with Gasteiger partial charge in [-0.25, -0.2) is 4.79 Å². The number of rotatable bonds is 5. The molecule has 0 radical (unpaired) electrons. The fraction of sp³-hybridized carbons (Fsp3) is 0.333. The molecule has 1 atom stereocenters. The first-order valence-corrected chi connectivity index (χ1v) is 5.86. The Morgan fingerprint density at radius 3 is 2.44 bits per heavy atom. The smallest absolute Gasteiger partial charge is 0.405 e. The van der Waals surface area contributed by atoms with Crippen molar-refractivity contribution < 1.29 is 14.7 Å². The molecule has 0 bridgehead atoms. The largest absolute Gasteiger partial charge is 0.465 e. The van der Waals surface area contributed by atoms with Gasteiger partial charge >= 0.3 is 6.09 Å². The second kappa shape index (κ2) is 6.86. The number of halogens is 1. The second-order valence-corrected chi connectivity index (χ2v) is 4.26. The van der Waals surface area contributed by atoms with Crippen molar-refractivity contribution in [3.05, 3.63) is 34.9 Å². The van der Waals surface area contributed by atoms with Crippen molar-refractivity contribution in [3.8, 4) is 0 Å². The highest BCUT2D eigenvalue weighted by Gasteiger charge is 2.13. The minimum Gasteiger partial charge on any atom is -0.465 e. The van der Waals surface area contributed by atoms with E-state index in [4.69, 9.17) is 16.7 Å². The van der Waals surface area contributed by atoms with Gasteiger partial charge in [-0.05, 0) is 24.1 Å². The van der Waals surface area contributed by atoms with Crippen molar-refractivity contribution in [1.29, 1.82) is 0 Å². The number of amides is 2. The first-order chi connectivity index (χ1) is 8.49. The van der Waals surface area contributed by atoms with Gasteiger partial charge < -0.3 is 15.7 Å². The van der Waals surface area contributed by atoms with Gasteiger partial charge in [0.05, 0.1) is 6.04 Å². The molecule has 0 heterocycles. The molecule has 1 rings (SSSR count). The predicted molar refractivity (Wildman–Crippen MR) is 68.7 cm³/mol. The van der Waals surface area contributed by atoms with Gasteiger partial charge in [-0.15, -0.1) is 0 Å². The minimum absolute atomic E-state index is 0.139. The lowest BCUT2D eigenvalue weighted by atomic mass is 10.0. The average molecular weight is 271 g/mol. The lowest BCUT2D eigenvalue weighted by molar-refractivity contribution is -0.118. The molecule has 1 aromatic rings. The Labute approximate surface area is 110 Å². The minimum atomic E-state index is -1.10. The molecule has 0 aliphatic rings. The maximum absolute atomic E-state index is 10.8. The highest BCUT2D eigenvalue weighted by molar-refractivity contribution is 6.30. The average Bonchev–Trinajstić information content (AvgIpc) is 2.28. The van der Waals surface area contributed by atoms with Crippen LogP contribution in [0.15, 0.2) is 24.3 Å². The molecule has 98 valence electrons. The Bertz CT molecular complexity index is 420. The normalized spacial score (nSPS) is 11.7. The lowest BCUT2D eigenvalue weighted by Crippen LogP contribution is -2.31. The number of carbonyl (C=O) groups is 2. The van der Waals surface area contributed by atoms with E-state index in [0.717, 1.165) is 5.56 Å². The SMILES string of the molecule is CC(=O)NCCC(NC(=O)O)c1ccc(Cl)cc1. The van der Waals surface area contributed by atoms with Gasteiger partial charge in [0, 0.05) is 18.5 Å². The molecule has 0 fully saturated rings. The van der Waals surface area contributed by atoms with Crippen LogP contribution in [0.3, 0.4) is 0 Å². The summed E-state index contributed by atoms with van der Waals surface area (Å²) in [6.45, 7) is 1.82. The first-order valence-electron chi connectivity index (χ1n) is 5.48. The van der Waals surface area contributed by atoms with E-state index in [9.17, 15) is 9.59 Å². The molecule has 1 aromatic carbocycles. The van der Waals surface area contributed by atoms with Gasteiger partial charge in [-0.2, -0.15) is 0 Å². The number of hydrogen-bond acceptors (Lipinski definition) is 2. The van der Waals surface area contributed by atoms with E-state index >= 15 is 0 Å². The summed E-state index contributed by atoms with van der Waals surface area (Å²) in [5.41, 5.74) is 0.812. The maximum Gasteiger partial charge on any atom is 0.405 e. The number of nitrogens with one attached hydrogen (secondary N) is 2. The Balaban J connectivity index is 2.68. The molecule has 0 saturated heterocycles. The third-order valence-electron chi connectivity index (χ3n) is 2.38. The summed E-state index contributed by atoms with van der Waals surface area (Å²) in [4.78, 5) is 21.5. The fourth-order valence-corrected chi connectivity index (χ4v) is 1.68. The summed E-state index contributed by atoms with van der Waals surface area (Å²) < 4.78 is 0. The zero-order valence-corrected chi connectivity index (χ0v) is 10.7. The van der Waals surface area contributed by atoms with Crippen LogP contribution in [-0.2, 0) is 4.79 Å². The molecule has 5 nitrogen and oxygen atoms in total. The zero-order valence-electron chi connectivity index (χ0n) is 9.94. The molecule has 0 spiro atoms. The van der Waals surface area contributed by atoms with Gasteiger partial charge in [0.15, 0.2) is 0 Å². The summed E-state index contributed by atoms with van der Waals surface area (Å²) in [6.07, 6.45) is -0.620. The molecule has 6 heteroatoms. The van der Waals surface area contributed by atoms with Crippen molar-refractivity contribution in [2.24, 2.45) is 0 Å². The first kappa shape index (κ1) is 14.3. The van der Waals surface area contributed by atoms with Crippen LogP contribution in [0.4, 0.5) is 4.79 Å². The summed E-state index contributed by atoms with van der Waals surface area (Å²) in [5.74, 6) is -0.139. The van der Waals surface area contributed by atoms with Crippen molar-refractivity contribution >= 4 is 23.6 Å². The van der Waals surface area contributed by atoms with E-state index in [1.165, 1.54) is 6.92 Å². The zero-order chi connectivity index (χ0) is 13.5. The Hall–Kier alpha value is -1.75. The summed E-state index contributed by atoms with van der Waals surface area (Å²) in [7, 11) is 0. The van der Waals surface area contributed by atoms with Crippen LogP contribution in [0, 0.1) is 0 Å². The van der Waals surface area contributed by atoms with Crippen LogP contribution in [0.25, 0.3) is 0 Å². The Morgan fingerprint density at radius 1 is 1.33 bits per heavy atom. The number of hydrogen-bond donors (Lipinski definition) is 3. The molecular weight excluding hydrogens is 256 g/mol. The predicted octanol–water partition coefficient (Wildman–Crippen LogP) is 2.17. The van der Waals surface area contributed by atoms with Crippen LogP contribution in [0.5, 0.6) is 0 Å². The van der Waals surface area contributed by atoms with E-state index in [0.29, 0.717) is 18.0 Å². The van der Waals surface area contributed by atoms with E-state index in [1.54, 1.807) is 24.3 Å². The van der Waals surface area contributed by atoms with Gasteiger partial charge in [0.1, 0.15) is 0 Å². The van der Waals surface area contributed by atoms with Gasteiger partial charge in [-0.3, -0.25) is 4.79 Å². The molecule has 0 saturated carbocycles. The molecule has 1 unspecified atom stereocenters. The summed E-state index contributed by atoms with van der Waals surface area (Å²) in [6, 6.07) is 6.55. The number of carboxylic acid groups (broad SMARTS) is 1. The van der Waals surface area contributed by atoms with Crippen LogP contribution in [0.1, 0.15) is 24.9 Å². The van der Waals surface area contributed by atoms with Crippen molar-refractivity contribution in [1.82, 2.24) is 10.6 Å². The molecule has 0 aliphatic carbocycles. The topological polar surface area (TPSA) is 78.4 Å². The highest BCUT2D eigenvalue weighted by atomic mass is 35.5. The quantitative estimate of drug-likeness (QED) is 0.767. The highest BCUT2D eigenvalue weighted by Crippen LogP contribution is 2.19. The molecule has 0 aromatic heterocycles. The van der Waals surface area contributed by atoms with Gasteiger partial charge in [-0.1, -0.05) is 23.7 Å². The summed E-state index contributed by atoms with van der Waals surface area (Å²) in [5, 5.41) is 14.4. The third kappa shape index (κ3) is 5.05. The van der Waals surface area contributed by atoms with E-state index < -0.39 is 6.09 Å². The monoisotopic (exact) mass is 270 g/mol. The lowest BCUT2D eigenvalue weighted by Gasteiger charge is -2.17. The number of carbonyl (C=O) groups excluding carboxylic acids is 1. The van der Waals surface area contributed by atoms with Crippen LogP contribution < -0.4 is 10.6 Å². The van der Waals surface area contributed by atoms with Gasteiger partial charge in [0.25, 0.3) is 0 Å². The standard InChI is InChI=1S/C12H15ClN2O3/c1-8(16)14-7-6-11(15-12(17)18)9-2-4-10(13)5-3-9/h2-5,11,15H,6-7H2,1H3,(H,14,16)(H,17,18). The van der Waals surface area contributed by atoms with Crippen molar-refractivity contribution in [2.75, 3.05) is 6.54 Å². The molecule has 0 aliphatic heterocycles. The Kier molecular flexibility index (Phi) is 5.45. The molecular formula is C12H15ClN2O3. The van der Waals surface area contributed by atoms with E-state index in [2.05, 4.69) is 10.6 Å². The maximum atomic E-state index is 10.8. The fourth-order valence-electron chi connectivity index (χ4n) is 1.56. The van der Waals surface area contributed by atoms with E-state index in [1.807, 2.05) is 0 Å². The van der Waals surface area contributed by atoms with Crippen molar-refractivity contribution in [2.45, 2.75) is 19.4 Å². The summed E-state index contributed by atoms with van der Waals surface area (Å²) >= 11 is 5.77. The van der Waals surface area contributed by atoms with Crippen LogP contribution in [-0.4, -0.2) is 23.7 Å². The molecule has 18 heavy (non-hydrogen) atoms. The van der Waals surface area contributed by atoms with E-state index in [-0.39, 0.29) is 11.9 Å². The van der Waals surface area contributed by atoms with Crippen LogP contribution >= 0.6 is 11.6 Å². The van der Waals surface area contributed by atoms with Crippen LogP contribution in [0.2, 0.25) is 5.02 Å². The second-order valence-electron chi connectivity index (χ2n) is 3.83. The van der Waals surface area contributed by atoms with Crippen molar-refractivity contribution in [3.63, 3.8) is 0 Å².